The fourth-order valence-corrected chi connectivity index (χ4v) is 4.08. The summed E-state index contributed by atoms with van der Waals surface area (Å²) in [5, 5.41) is 0. The largest absolute Gasteiger partial charge is 0.359 e. The Morgan fingerprint density at radius 3 is 2.69 bits per heavy atom. The first-order valence-electron chi connectivity index (χ1n) is 5.49. The number of hydrogen-bond acceptors (Lipinski definition) is 2. The third-order valence-electron chi connectivity index (χ3n) is 4.35. The molecule has 4 rings (SSSR count). The maximum atomic E-state index is 5.79. The summed E-state index contributed by atoms with van der Waals surface area (Å²) < 4.78 is 10.8. The molecule has 4 aliphatic rings. The lowest BCUT2D eigenvalue weighted by Crippen LogP contribution is -2.31. The number of ether oxygens (including phenoxy) is 2. The Labute approximate surface area is 79.6 Å². The molecule has 0 saturated heterocycles. The van der Waals surface area contributed by atoms with E-state index in [0.29, 0.717) is 12.9 Å². The highest BCUT2D eigenvalue weighted by atomic mass is 16.7. The van der Waals surface area contributed by atoms with Crippen LogP contribution < -0.4 is 0 Å². The van der Waals surface area contributed by atoms with Crippen molar-refractivity contribution in [2.75, 3.05) is 13.9 Å². The molecule has 4 bridgehead atoms. The van der Waals surface area contributed by atoms with Crippen LogP contribution in [0.2, 0.25) is 0 Å². The fourth-order valence-electron chi connectivity index (χ4n) is 4.08. The van der Waals surface area contributed by atoms with Crippen LogP contribution in [0.3, 0.4) is 0 Å². The van der Waals surface area contributed by atoms with E-state index in [1.807, 2.05) is 0 Å². The lowest BCUT2D eigenvalue weighted by molar-refractivity contribution is -0.108. The first-order chi connectivity index (χ1) is 6.38. The van der Waals surface area contributed by atoms with Gasteiger partial charge in [-0.3, -0.25) is 0 Å². The molecule has 4 fully saturated rings. The Morgan fingerprint density at radius 2 is 1.92 bits per heavy atom. The summed E-state index contributed by atoms with van der Waals surface area (Å²) in [6, 6.07) is 0. The van der Waals surface area contributed by atoms with Crippen molar-refractivity contribution >= 4 is 0 Å². The topological polar surface area (TPSA) is 18.5 Å². The summed E-state index contributed by atoms with van der Waals surface area (Å²) >= 11 is 0. The summed E-state index contributed by atoms with van der Waals surface area (Å²) in [5.74, 6) is 3.82. The molecular formula is C11H18O2. The minimum Gasteiger partial charge on any atom is -0.359 e. The van der Waals surface area contributed by atoms with Crippen molar-refractivity contribution in [2.45, 2.75) is 31.8 Å². The van der Waals surface area contributed by atoms with Gasteiger partial charge in [0.1, 0.15) is 6.79 Å². The van der Waals surface area contributed by atoms with Crippen LogP contribution in [-0.2, 0) is 9.47 Å². The molecule has 4 saturated carbocycles. The van der Waals surface area contributed by atoms with Gasteiger partial charge >= 0.3 is 0 Å². The predicted molar refractivity (Wildman–Crippen MR) is 49.2 cm³/mol. The van der Waals surface area contributed by atoms with Crippen LogP contribution in [0.4, 0.5) is 0 Å². The third-order valence-corrected chi connectivity index (χ3v) is 4.35. The molecule has 0 spiro atoms. The monoisotopic (exact) mass is 182 g/mol. The first kappa shape index (κ1) is 8.25. The molecule has 0 radical (unpaired) electrons. The van der Waals surface area contributed by atoms with E-state index < -0.39 is 0 Å². The molecule has 74 valence electrons. The maximum Gasteiger partial charge on any atom is 0.146 e. The zero-order valence-electron chi connectivity index (χ0n) is 8.24. The van der Waals surface area contributed by atoms with E-state index in [1.165, 1.54) is 25.7 Å². The van der Waals surface area contributed by atoms with E-state index in [0.717, 1.165) is 23.7 Å². The van der Waals surface area contributed by atoms with Gasteiger partial charge in [0.2, 0.25) is 0 Å². The van der Waals surface area contributed by atoms with Gasteiger partial charge in [0.15, 0.2) is 0 Å². The van der Waals surface area contributed by atoms with Crippen molar-refractivity contribution in [2.24, 2.45) is 23.7 Å². The fraction of sp³-hybridized carbons (Fsp3) is 1.00. The van der Waals surface area contributed by atoms with Gasteiger partial charge in [0.05, 0.1) is 6.10 Å². The Balaban J connectivity index is 1.70. The molecule has 2 nitrogen and oxygen atoms in total. The second kappa shape index (κ2) is 2.96. The molecular weight excluding hydrogens is 164 g/mol. The summed E-state index contributed by atoms with van der Waals surface area (Å²) in [6.45, 7) is 0.495. The zero-order chi connectivity index (χ0) is 8.84. The predicted octanol–water partition coefficient (Wildman–Crippen LogP) is 2.04. The van der Waals surface area contributed by atoms with Crippen LogP contribution in [0.1, 0.15) is 25.7 Å². The number of rotatable bonds is 3. The van der Waals surface area contributed by atoms with Crippen molar-refractivity contribution < 1.29 is 9.47 Å². The van der Waals surface area contributed by atoms with E-state index in [2.05, 4.69) is 0 Å². The Bertz CT molecular complexity index is 200. The Hall–Kier alpha value is -0.0800. The summed E-state index contributed by atoms with van der Waals surface area (Å²) in [6.07, 6.45) is 6.35. The molecule has 0 N–H and O–H groups in total. The van der Waals surface area contributed by atoms with Crippen molar-refractivity contribution in [3.8, 4) is 0 Å². The van der Waals surface area contributed by atoms with Crippen LogP contribution in [-0.4, -0.2) is 20.0 Å². The van der Waals surface area contributed by atoms with Crippen LogP contribution in [0.5, 0.6) is 0 Å². The van der Waals surface area contributed by atoms with Gasteiger partial charge < -0.3 is 9.47 Å². The molecule has 13 heavy (non-hydrogen) atoms. The average molecular weight is 182 g/mol. The lowest BCUT2D eigenvalue weighted by atomic mass is 9.80. The second-order valence-corrected chi connectivity index (χ2v) is 5.03. The first-order valence-corrected chi connectivity index (χ1v) is 5.49. The Morgan fingerprint density at radius 1 is 1.08 bits per heavy atom. The van der Waals surface area contributed by atoms with Gasteiger partial charge in [-0.1, -0.05) is 0 Å². The molecule has 0 aromatic rings. The summed E-state index contributed by atoms with van der Waals surface area (Å²) in [7, 11) is 1.71. The van der Waals surface area contributed by atoms with Gasteiger partial charge in [-0.05, 0) is 49.4 Å². The van der Waals surface area contributed by atoms with Crippen molar-refractivity contribution in [1.82, 2.24) is 0 Å². The molecule has 5 atom stereocenters. The second-order valence-electron chi connectivity index (χ2n) is 5.03. The molecule has 2 heteroatoms. The normalized spacial score (nSPS) is 51.9. The highest BCUT2D eigenvalue weighted by Gasteiger charge is 2.54. The van der Waals surface area contributed by atoms with Crippen LogP contribution in [0.25, 0.3) is 0 Å². The SMILES string of the molecule is COCOC1C2CC3CC(C2)C1C3. The highest BCUT2D eigenvalue weighted by Crippen LogP contribution is 2.58. The van der Waals surface area contributed by atoms with Gasteiger partial charge in [-0.2, -0.15) is 0 Å². The van der Waals surface area contributed by atoms with E-state index in [4.69, 9.17) is 9.47 Å². The van der Waals surface area contributed by atoms with Crippen LogP contribution in [0.15, 0.2) is 0 Å². The maximum absolute atomic E-state index is 5.79. The molecule has 4 aliphatic carbocycles. The molecule has 0 aliphatic heterocycles. The highest BCUT2D eigenvalue weighted by molar-refractivity contribution is 5.03. The molecule has 0 heterocycles. The molecule has 0 amide bonds. The quantitative estimate of drug-likeness (QED) is 0.622. The van der Waals surface area contributed by atoms with E-state index in [-0.39, 0.29) is 0 Å². The van der Waals surface area contributed by atoms with Gasteiger partial charge in [-0.15, -0.1) is 0 Å². The minimum absolute atomic E-state index is 0.495. The van der Waals surface area contributed by atoms with Crippen molar-refractivity contribution in [3.05, 3.63) is 0 Å². The van der Waals surface area contributed by atoms with E-state index in [9.17, 15) is 0 Å². The Kier molecular flexibility index (Phi) is 1.88. The van der Waals surface area contributed by atoms with Crippen LogP contribution in [0, 0.1) is 23.7 Å². The summed E-state index contributed by atoms with van der Waals surface area (Å²) in [4.78, 5) is 0. The molecule has 0 aromatic carbocycles. The summed E-state index contributed by atoms with van der Waals surface area (Å²) in [5.41, 5.74) is 0. The zero-order valence-corrected chi connectivity index (χ0v) is 8.24. The van der Waals surface area contributed by atoms with Gasteiger partial charge in [-0.25, -0.2) is 0 Å². The molecule has 0 aromatic heterocycles. The lowest BCUT2D eigenvalue weighted by Gasteiger charge is -2.31. The number of hydrogen-bond donors (Lipinski definition) is 0. The smallest absolute Gasteiger partial charge is 0.146 e. The van der Waals surface area contributed by atoms with E-state index in [1.54, 1.807) is 7.11 Å². The number of methoxy groups -OCH3 is 1. The van der Waals surface area contributed by atoms with Crippen molar-refractivity contribution in [1.29, 1.82) is 0 Å². The van der Waals surface area contributed by atoms with Gasteiger partial charge in [0, 0.05) is 7.11 Å². The minimum atomic E-state index is 0.495. The van der Waals surface area contributed by atoms with E-state index >= 15 is 0 Å². The molecule has 5 unspecified atom stereocenters. The van der Waals surface area contributed by atoms with Crippen LogP contribution >= 0.6 is 0 Å². The van der Waals surface area contributed by atoms with Crippen molar-refractivity contribution in [3.63, 3.8) is 0 Å². The average Bonchev–Trinajstić information content (AvgIpc) is 2.53. The standard InChI is InChI=1S/C11H18O2/c1-12-6-13-11-9-3-7-2-8(5-9)10(11)4-7/h7-11H,2-6H2,1H3. The third kappa shape index (κ3) is 1.15. The van der Waals surface area contributed by atoms with Gasteiger partial charge in [0.25, 0.3) is 0 Å².